The topological polar surface area (TPSA) is 42.5 Å². The van der Waals surface area contributed by atoms with Crippen LogP contribution in [0.1, 0.15) is 12.8 Å². The molecule has 0 spiro atoms. The van der Waals surface area contributed by atoms with Crippen LogP contribution in [0.5, 0.6) is 11.5 Å². The summed E-state index contributed by atoms with van der Waals surface area (Å²) in [5.41, 5.74) is 0. The van der Waals surface area contributed by atoms with Crippen LogP contribution >= 0.6 is 11.3 Å². The molecule has 0 bridgehead atoms. The van der Waals surface area contributed by atoms with Crippen LogP contribution < -0.4 is 20.1 Å². The molecular weight excluding hydrogens is 332 g/mol. The molecule has 0 atom stereocenters. The number of ether oxygens (including phenoxy) is 2. The molecule has 0 fully saturated rings. The smallest absolute Gasteiger partial charge is 0.120 e. The number of hydrogen-bond acceptors (Lipinski definition) is 5. The van der Waals surface area contributed by atoms with Gasteiger partial charge < -0.3 is 20.1 Å². The van der Waals surface area contributed by atoms with Gasteiger partial charge in [0.25, 0.3) is 0 Å². The van der Waals surface area contributed by atoms with E-state index in [0.29, 0.717) is 0 Å². The number of benzene rings is 2. The first-order valence-electron chi connectivity index (χ1n) is 8.83. The highest BCUT2D eigenvalue weighted by Crippen LogP contribution is 2.37. The number of fused-ring (bicyclic) bond motifs is 3. The molecule has 4 nitrogen and oxygen atoms in total. The Hall–Kier alpha value is -1.82. The number of hydrogen-bond donors (Lipinski definition) is 2. The molecule has 25 heavy (non-hydrogen) atoms. The molecule has 0 aliphatic carbocycles. The average molecular weight is 359 g/mol. The summed E-state index contributed by atoms with van der Waals surface area (Å²) in [7, 11) is 3.92. The standard InChI is InChI=1S/C20H26N2O2S/c1-21-9-3-11-23-15-6-8-19-18(13-15)17-7-5-16(14-20(17)25-19)24-12-4-10-22-2/h5-8,13-14,21-22H,3-4,9-12H2,1-2H3. The van der Waals surface area contributed by atoms with E-state index in [9.17, 15) is 0 Å². The van der Waals surface area contributed by atoms with E-state index in [0.717, 1.165) is 50.6 Å². The maximum atomic E-state index is 5.87. The van der Waals surface area contributed by atoms with E-state index >= 15 is 0 Å². The molecule has 134 valence electrons. The van der Waals surface area contributed by atoms with Crippen molar-refractivity contribution in [2.45, 2.75) is 12.8 Å². The van der Waals surface area contributed by atoms with E-state index in [1.54, 1.807) is 11.3 Å². The average Bonchev–Trinajstić information content (AvgIpc) is 2.99. The quantitative estimate of drug-likeness (QED) is 0.537. The molecule has 1 heterocycles. The molecule has 3 rings (SSSR count). The number of nitrogens with one attached hydrogen (secondary N) is 2. The van der Waals surface area contributed by atoms with Crippen LogP contribution in [-0.4, -0.2) is 40.4 Å². The van der Waals surface area contributed by atoms with Crippen molar-refractivity contribution >= 4 is 31.5 Å². The molecule has 0 amide bonds. The Morgan fingerprint density at radius 1 is 0.760 bits per heavy atom. The lowest BCUT2D eigenvalue weighted by Gasteiger charge is -2.06. The highest BCUT2D eigenvalue weighted by atomic mass is 32.1. The molecule has 2 aromatic carbocycles. The van der Waals surface area contributed by atoms with Gasteiger partial charge >= 0.3 is 0 Å². The van der Waals surface area contributed by atoms with E-state index < -0.39 is 0 Å². The Kier molecular flexibility index (Phi) is 6.50. The van der Waals surface area contributed by atoms with E-state index in [2.05, 4.69) is 47.0 Å². The Bertz CT molecular complexity index is 816. The maximum absolute atomic E-state index is 5.87. The van der Waals surface area contributed by atoms with Crippen molar-refractivity contribution in [1.82, 2.24) is 10.6 Å². The molecule has 0 saturated carbocycles. The van der Waals surface area contributed by atoms with Crippen molar-refractivity contribution in [3.05, 3.63) is 36.4 Å². The van der Waals surface area contributed by atoms with Gasteiger partial charge in [-0.2, -0.15) is 0 Å². The molecule has 3 aromatic rings. The van der Waals surface area contributed by atoms with E-state index in [1.165, 1.54) is 20.2 Å². The second-order valence-electron chi connectivity index (χ2n) is 6.03. The zero-order valence-electron chi connectivity index (χ0n) is 14.9. The van der Waals surface area contributed by atoms with Crippen molar-refractivity contribution in [3.8, 4) is 11.5 Å². The molecule has 1 aromatic heterocycles. The lowest BCUT2D eigenvalue weighted by atomic mass is 10.1. The van der Waals surface area contributed by atoms with Crippen molar-refractivity contribution in [2.75, 3.05) is 40.4 Å². The minimum absolute atomic E-state index is 0.735. The molecular formula is C20H26N2O2S. The molecule has 0 saturated heterocycles. The van der Waals surface area contributed by atoms with Crippen LogP contribution in [0, 0.1) is 0 Å². The first kappa shape index (κ1) is 18.0. The first-order chi connectivity index (χ1) is 12.3. The number of rotatable bonds is 10. The second kappa shape index (κ2) is 9.04. The van der Waals surface area contributed by atoms with Gasteiger partial charge in [-0.15, -0.1) is 11.3 Å². The predicted molar refractivity (Wildman–Crippen MR) is 107 cm³/mol. The maximum Gasteiger partial charge on any atom is 0.120 e. The highest BCUT2D eigenvalue weighted by Gasteiger charge is 2.08. The van der Waals surface area contributed by atoms with Gasteiger partial charge in [0.2, 0.25) is 0 Å². The van der Waals surface area contributed by atoms with Crippen LogP contribution in [0.3, 0.4) is 0 Å². The van der Waals surface area contributed by atoms with Gasteiger partial charge in [-0.3, -0.25) is 0 Å². The Labute approximate surface area is 153 Å². The van der Waals surface area contributed by atoms with Crippen LogP contribution in [0.2, 0.25) is 0 Å². The van der Waals surface area contributed by atoms with Crippen LogP contribution in [-0.2, 0) is 0 Å². The van der Waals surface area contributed by atoms with Crippen LogP contribution in [0.4, 0.5) is 0 Å². The largest absolute Gasteiger partial charge is 0.494 e. The summed E-state index contributed by atoms with van der Waals surface area (Å²) >= 11 is 1.80. The Morgan fingerprint density at radius 3 is 2.08 bits per heavy atom. The number of thiophene rings is 1. The Balaban J connectivity index is 1.74. The second-order valence-corrected chi connectivity index (χ2v) is 7.11. The van der Waals surface area contributed by atoms with Crippen molar-refractivity contribution < 1.29 is 9.47 Å². The molecule has 0 radical (unpaired) electrons. The van der Waals surface area contributed by atoms with E-state index in [4.69, 9.17) is 9.47 Å². The van der Waals surface area contributed by atoms with Gasteiger partial charge in [0, 0.05) is 20.2 Å². The third kappa shape index (κ3) is 4.63. The van der Waals surface area contributed by atoms with Crippen LogP contribution in [0.25, 0.3) is 20.2 Å². The summed E-state index contributed by atoms with van der Waals surface area (Å²) < 4.78 is 14.3. The molecule has 5 heteroatoms. The Morgan fingerprint density at radius 2 is 1.40 bits per heavy atom. The summed E-state index contributed by atoms with van der Waals surface area (Å²) in [4.78, 5) is 0. The van der Waals surface area contributed by atoms with Crippen molar-refractivity contribution in [3.63, 3.8) is 0 Å². The lowest BCUT2D eigenvalue weighted by molar-refractivity contribution is 0.310. The van der Waals surface area contributed by atoms with Crippen molar-refractivity contribution in [2.24, 2.45) is 0 Å². The van der Waals surface area contributed by atoms with Gasteiger partial charge in [-0.25, -0.2) is 0 Å². The highest BCUT2D eigenvalue weighted by molar-refractivity contribution is 7.25. The lowest BCUT2D eigenvalue weighted by Crippen LogP contribution is -2.11. The summed E-state index contributed by atoms with van der Waals surface area (Å²) in [6, 6.07) is 12.7. The van der Waals surface area contributed by atoms with Crippen molar-refractivity contribution in [1.29, 1.82) is 0 Å². The fourth-order valence-electron chi connectivity index (χ4n) is 2.79. The van der Waals surface area contributed by atoms with Gasteiger partial charge in [-0.05, 0) is 76.4 Å². The molecule has 0 aliphatic heterocycles. The van der Waals surface area contributed by atoms with Gasteiger partial charge in [-0.1, -0.05) is 0 Å². The molecule has 0 unspecified atom stereocenters. The first-order valence-corrected chi connectivity index (χ1v) is 9.64. The molecule has 2 N–H and O–H groups in total. The SMILES string of the molecule is CNCCCOc1ccc2c(c1)sc1ccc(OCCCNC)cc12. The fourth-order valence-corrected chi connectivity index (χ4v) is 3.91. The van der Waals surface area contributed by atoms with Crippen LogP contribution in [0.15, 0.2) is 36.4 Å². The van der Waals surface area contributed by atoms with E-state index in [1.807, 2.05) is 14.1 Å². The monoisotopic (exact) mass is 358 g/mol. The summed E-state index contributed by atoms with van der Waals surface area (Å²) in [5, 5.41) is 8.80. The summed E-state index contributed by atoms with van der Waals surface area (Å²) in [6.45, 7) is 3.42. The van der Waals surface area contributed by atoms with E-state index in [-0.39, 0.29) is 0 Å². The third-order valence-electron chi connectivity index (χ3n) is 4.09. The molecule has 0 aliphatic rings. The van der Waals surface area contributed by atoms with Gasteiger partial charge in [0.1, 0.15) is 11.5 Å². The van der Waals surface area contributed by atoms with Gasteiger partial charge in [0.05, 0.1) is 13.2 Å². The zero-order chi connectivity index (χ0) is 17.5. The normalized spacial score (nSPS) is 11.3. The van der Waals surface area contributed by atoms with Gasteiger partial charge in [0.15, 0.2) is 0 Å². The fraction of sp³-hybridized carbons (Fsp3) is 0.400. The summed E-state index contributed by atoms with van der Waals surface area (Å²) in [6.07, 6.45) is 2.02. The predicted octanol–water partition coefficient (Wildman–Crippen LogP) is 4.03. The summed E-state index contributed by atoms with van der Waals surface area (Å²) in [5.74, 6) is 1.88. The minimum atomic E-state index is 0.735. The minimum Gasteiger partial charge on any atom is -0.494 e. The zero-order valence-corrected chi connectivity index (χ0v) is 15.7. The third-order valence-corrected chi connectivity index (χ3v) is 5.23.